The second-order valence-corrected chi connectivity index (χ2v) is 7.48. The van der Waals surface area contributed by atoms with Gasteiger partial charge >= 0.3 is 0 Å². The van der Waals surface area contributed by atoms with Crippen LogP contribution >= 0.6 is 0 Å². The van der Waals surface area contributed by atoms with Crippen molar-refractivity contribution in [2.75, 3.05) is 19.6 Å². The molecule has 3 nitrogen and oxygen atoms in total. The van der Waals surface area contributed by atoms with Gasteiger partial charge in [-0.15, -0.1) is 0 Å². The van der Waals surface area contributed by atoms with Crippen LogP contribution in [-0.4, -0.2) is 35.2 Å². The van der Waals surface area contributed by atoms with Crippen molar-refractivity contribution in [3.8, 4) is 5.75 Å². The Balaban J connectivity index is 0.000000174. The molecule has 0 spiro atoms. The Morgan fingerprint density at radius 1 is 1.09 bits per heavy atom. The summed E-state index contributed by atoms with van der Waals surface area (Å²) in [4.78, 5) is 2.65. The zero-order chi connectivity index (χ0) is 15.4. The molecule has 122 valence electrons. The summed E-state index contributed by atoms with van der Waals surface area (Å²) in [6, 6.07) is 8.71. The van der Waals surface area contributed by atoms with Gasteiger partial charge in [0.1, 0.15) is 5.75 Å². The number of fused-ring (bicyclic) bond motifs is 1. The highest BCUT2D eigenvalue weighted by Gasteiger charge is 2.42. The molecule has 4 rings (SSSR count). The summed E-state index contributed by atoms with van der Waals surface area (Å²) in [6.07, 6.45) is 9.77. The van der Waals surface area contributed by atoms with Crippen molar-refractivity contribution < 1.29 is 5.11 Å². The highest BCUT2D eigenvalue weighted by atomic mass is 16.3. The summed E-state index contributed by atoms with van der Waals surface area (Å²) in [5.74, 6) is 2.18. The van der Waals surface area contributed by atoms with Gasteiger partial charge in [-0.1, -0.05) is 31.0 Å². The third kappa shape index (κ3) is 4.23. The van der Waals surface area contributed by atoms with E-state index in [0.29, 0.717) is 5.75 Å². The van der Waals surface area contributed by atoms with Gasteiger partial charge in [-0.3, -0.25) is 0 Å². The molecule has 1 aliphatic heterocycles. The molecule has 0 radical (unpaired) electrons. The lowest BCUT2D eigenvalue weighted by Crippen LogP contribution is -2.61. The van der Waals surface area contributed by atoms with Gasteiger partial charge in [-0.25, -0.2) is 0 Å². The lowest BCUT2D eigenvalue weighted by molar-refractivity contribution is 0.0574. The minimum atomic E-state index is 0.186. The first kappa shape index (κ1) is 15.8. The SMILES string of the molecule is NC12CCCCC1CCN(CC1CC1)C2.Oc1ccccc1. The fourth-order valence-corrected chi connectivity index (χ4v) is 4.06. The molecule has 2 aliphatic carbocycles. The van der Waals surface area contributed by atoms with E-state index in [4.69, 9.17) is 10.8 Å². The highest BCUT2D eigenvalue weighted by molar-refractivity contribution is 5.18. The number of phenols is 1. The molecule has 0 aromatic heterocycles. The van der Waals surface area contributed by atoms with Crippen molar-refractivity contribution in [2.45, 2.75) is 50.5 Å². The van der Waals surface area contributed by atoms with Crippen LogP contribution in [-0.2, 0) is 0 Å². The van der Waals surface area contributed by atoms with E-state index < -0.39 is 0 Å². The molecule has 3 N–H and O–H groups in total. The zero-order valence-electron chi connectivity index (χ0n) is 13.6. The van der Waals surface area contributed by atoms with Crippen molar-refractivity contribution in [3.05, 3.63) is 30.3 Å². The van der Waals surface area contributed by atoms with Crippen molar-refractivity contribution >= 4 is 0 Å². The minimum Gasteiger partial charge on any atom is -0.508 e. The smallest absolute Gasteiger partial charge is 0.115 e. The molecule has 1 heterocycles. The number of para-hydroxylation sites is 1. The Morgan fingerprint density at radius 3 is 2.50 bits per heavy atom. The van der Waals surface area contributed by atoms with E-state index >= 15 is 0 Å². The van der Waals surface area contributed by atoms with Crippen LogP contribution < -0.4 is 5.73 Å². The van der Waals surface area contributed by atoms with Crippen LogP contribution in [0.4, 0.5) is 0 Å². The number of nitrogens with two attached hydrogens (primary N) is 1. The molecule has 0 bridgehead atoms. The van der Waals surface area contributed by atoms with E-state index in [2.05, 4.69) is 4.90 Å². The average Bonchev–Trinajstić information content (AvgIpc) is 3.32. The van der Waals surface area contributed by atoms with Gasteiger partial charge in [0, 0.05) is 18.6 Å². The first-order valence-corrected chi connectivity index (χ1v) is 8.91. The van der Waals surface area contributed by atoms with Gasteiger partial charge in [-0.2, -0.15) is 0 Å². The molecule has 1 aromatic rings. The maximum atomic E-state index is 8.63. The molecule has 1 aromatic carbocycles. The van der Waals surface area contributed by atoms with E-state index in [1.54, 1.807) is 24.3 Å². The van der Waals surface area contributed by atoms with Gasteiger partial charge in [0.05, 0.1) is 0 Å². The molecule has 2 saturated carbocycles. The van der Waals surface area contributed by atoms with E-state index in [1.807, 2.05) is 6.07 Å². The number of rotatable bonds is 2. The van der Waals surface area contributed by atoms with Crippen LogP contribution in [0.1, 0.15) is 44.9 Å². The fraction of sp³-hybridized carbons (Fsp3) is 0.684. The topological polar surface area (TPSA) is 49.5 Å². The summed E-state index contributed by atoms with van der Waals surface area (Å²) in [5, 5.41) is 8.63. The summed E-state index contributed by atoms with van der Waals surface area (Å²) in [5.41, 5.74) is 6.80. The Bertz CT molecular complexity index is 460. The lowest BCUT2D eigenvalue weighted by atomic mass is 9.69. The maximum absolute atomic E-state index is 8.63. The predicted molar refractivity (Wildman–Crippen MR) is 90.8 cm³/mol. The molecule has 3 heteroatoms. The van der Waals surface area contributed by atoms with E-state index in [1.165, 1.54) is 64.6 Å². The number of benzene rings is 1. The molecular weight excluding hydrogens is 272 g/mol. The van der Waals surface area contributed by atoms with Gasteiger partial charge < -0.3 is 15.7 Å². The Morgan fingerprint density at radius 2 is 1.86 bits per heavy atom. The van der Waals surface area contributed by atoms with E-state index in [-0.39, 0.29) is 5.54 Å². The quantitative estimate of drug-likeness (QED) is 0.880. The molecule has 3 fully saturated rings. The molecular formula is C19H30N2O. The van der Waals surface area contributed by atoms with Crippen LogP contribution in [0.5, 0.6) is 5.75 Å². The number of likely N-dealkylation sites (tertiary alicyclic amines) is 1. The largest absolute Gasteiger partial charge is 0.508 e. The second-order valence-electron chi connectivity index (χ2n) is 7.48. The Kier molecular flexibility index (Phi) is 5.04. The monoisotopic (exact) mass is 302 g/mol. The van der Waals surface area contributed by atoms with Crippen molar-refractivity contribution in [3.63, 3.8) is 0 Å². The number of piperidine rings is 1. The number of hydrogen-bond donors (Lipinski definition) is 2. The summed E-state index contributed by atoms with van der Waals surface area (Å²) >= 11 is 0. The average molecular weight is 302 g/mol. The fourth-order valence-electron chi connectivity index (χ4n) is 4.06. The lowest BCUT2D eigenvalue weighted by Gasteiger charge is -2.49. The molecule has 0 amide bonds. The van der Waals surface area contributed by atoms with Crippen LogP contribution in [0.2, 0.25) is 0 Å². The highest BCUT2D eigenvalue weighted by Crippen LogP contribution is 2.39. The van der Waals surface area contributed by atoms with Gasteiger partial charge in [0.2, 0.25) is 0 Å². The standard InChI is InChI=1S/C13H24N2.C6H6O/c14-13-7-2-1-3-12(13)6-8-15(10-13)9-11-4-5-11;7-6-4-2-1-3-5-6/h11-12H,1-10,14H2;1-5,7H. The third-order valence-corrected chi connectivity index (χ3v) is 5.54. The van der Waals surface area contributed by atoms with Crippen LogP contribution in [0.15, 0.2) is 30.3 Å². The van der Waals surface area contributed by atoms with Crippen molar-refractivity contribution in [2.24, 2.45) is 17.6 Å². The van der Waals surface area contributed by atoms with Crippen LogP contribution in [0.25, 0.3) is 0 Å². The maximum Gasteiger partial charge on any atom is 0.115 e. The Labute approximate surface area is 134 Å². The van der Waals surface area contributed by atoms with Gasteiger partial charge in [0.15, 0.2) is 0 Å². The van der Waals surface area contributed by atoms with Gasteiger partial charge in [-0.05, 0) is 62.6 Å². The third-order valence-electron chi connectivity index (χ3n) is 5.54. The van der Waals surface area contributed by atoms with Gasteiger partial charge in [0.25, 0.3) is 0 Å². The van der Waals surface area contributed by atoms with Crippen LogP contribution in [0, 0.1) is 11.8 Å². The summed E-state index contributed by atoms with van der Waals surface area (Å²) in [6.45, 7) is 3.85. The van der Waals surface area contributed by atoms with E-state index in [9.17, 15) is 0 Å². The first-order valence-electron chi connectivity index (χ1n) is 8.91. The minimum absolute atomic E-state index is 0.186. The second kappa shape index (κ2) is 7.01. The predicted octanol–water partition coefficient (Wildman–Crippen LogP) is 3.38. The molecule has 3 aliphatic rings. The molecule has 1 saturated heterocycles. The molecule has 2 atom stereocenters. The first-order chi connectivity index (χ1) is 10.7. The number of nitrogens with zero attached hydrogens (tertiary/aromatic N) is 1. The normalized spacial score (nSPS) is 31.8. The molecule has 2 unspecified atom stereocenters. The summed E-state index contributed by atoms with van der Waals surface area (Å²) in [7, 11) is 0. The number of phenolic OH excluding ortho intramolecular Hbond substituents is 1. The van der Waals surface area contributed by atoms with Crippen LogP contribution in [0.3, 0.4) is 0 Å². The number of hydrogen-bond acceptors (Lipinski definition) is 3. The van der Waals surface area contributed by atoms with Crippen molar-refractivity contribution in [1.82, 2.24) is 4.90 Å². The zero-order valence-corrected chi connectivity index (χ0v) is 13.6. The van der Waals surface area contributed by atoms with Crippen molar-refractivity contribution in [1.29, 1.82) is 0 Å². The number of aromatic hydroxyl groups is 1. The van der Waals surface area contributed by atoms with E-state index in [0.717, 1.165) is 11.8 Å². The summed E-state index contributed by atoms with van der Waals surface area (Å²) < 4.78 is 0. The Hall–Kier alpha value is -1.06. The molecule has 22 heavy (non-hydrogen) atoms.